The third-order valence-electron chi connectivity index (χ3n) is 2.88. The van der Waals surface area contributed by atoms with E-state index in [2.05, 4.69) is 12.0 Å². The first-order valence-corrected chi connectivity index (χ1v) is 5.65. The van der Waals surface area contributed by atoms with Gasteiger partial charge in [0.2, 0.25) is 0 Å². The lowest BCUT2D eigenvalue weighted by Gasteiger charge is -2.12. The fraction of sp³-hybridized carbons (Fsp3) is 0.308. The summed E-state index contributed by atoms with van der Waals surface area (Å²) in [6, 6.07) is 7.98. The van der Waals surface area contributed by atoms with Gasteiger partial charge in [0.05, 0.1) is 17.4 Å². The Bertz CT molecular complexity index is 502. The molecule has 0 fully saturated rings. The fourth-order valence-corrected chi connectivity index (χ4v) is 1.85. The molecule has 17 heavy (non-hydrogen) atoms. The Hall–Kier alpha value is -1.68. The third kappa shape index (κ3) is 2.36. The summed E-state index contributed by atoms with van der Waals surface area (Å²) in [6.07, 6.45) is 0.879. The molecule has 4 heteroatoms. The lowest BCUT2D eigenvalue weighted by atomic mass is 10.0. The van der Waals surface area contributed by atoms with E-state index in [1.807, 2.05) is 13.1 Å². The molecule has 1 aromatic carbocycles. The Morgan fingerprint density at radius 1 is 1.35 bits per heavy atom. The predicted octanol–water partition coefficient (Wildman–Crippen LogP) is 2.17. The standard InChI is InChI=1S/C13H16FN3/c1-3-11-8-12(17(2)16-11)13(15)9-4-6-10(14)7-5-9/h4-8,13H,3,15H2,1-2H3. The lowest BCUT2D eigenvalue weighted by Crippen LogP contribution is -2.15. The van der Waals surface area contributed by atoms with E-state index in [1.165, 1.54) is 12.1 Å². The molecule has 0 radical (unpaired) electrons. The summed E-state index contributed by atoms with van der Waals surface area (Å²) in [5.74, 6) is -0.250. The van der Waals surface area contributed by atoms with Gasteiger partial charge in [-0.1, -0.05) is 19.1 Å². The topological polar surface area (TPSA) is 43.8 Å². The van der Waals surface area contributed by atoms with Crippen molar-refractivity contribution in [2.75, 3.05) is 0 Å². The van der Waals surface area contributed by atoms with Gasteiger partial charge >= 0.3 is 0 Å². The van der Waals surface area contributed by atoms with Crippen molar-refractivity contribution < 1.29 is 4.39 Å². The molecule has 1 unspecified atom stereocenters. The Morgan fingerprint density at radius 2 is 2.00 bits per heavy atom. The molecule has 0 bridgehead atoms. The van der Waals surface area contributed by atoms with E-state index in [-0.39, 0.29) is 11.9 Å². The first kappa shape index (κ1) is 11.8. The maximum atomic E-state index is 12.8. The molecule has 0 spiro atoms. The van der Waals surface area contributed by atoms with Gasteiger partial charge in [-0.3, -0.25) is 4.68 Å². The molecule has 2 rings (SSSR count). The van der Waals surface area contributed by atoms with Crippen LogP contribution in [0.4, 0.5) is 4.39 Å². The molecule has 90 valence electrons. The number of hydrogen-bond acceptors (Lipinski definition) is 2. The van der Waals surface area contributed by atoms with Crippen LogP contribution in [0.1, 0.15) is 29.9 Å². The second-order valence-corrected chi connectivity index (χ2v) is 4.07. The van der Waals surface area contributed by atoms with E-state index in [0.29, 0.717) is 0 Å². The van der Waals surface area contributed by atoms with E-state index in [9.17, 15) is 4.39 Å². The number of rotatable bonds is 3. The Labute approximate surface area is 100 Å². The number of aryl methyl sites for hydroxylation is 2. The van der Waals surface area contributed by atoms with Crippen molar-refractivity contribution in [1.29, 1.82) is 0 Å². The molecule has 0 saturated heterocycles. The molecule has 0 aliphatic rings. The van der Waals surface area contributed by atoms with Crippen LogP contribution in [-0.2, 0) is 13.5 Å². The van der Waals surface area contributed by atoms with E-state index in [4.69, 9.17) is 5.73 Å². The third-order valence-corrected chi connectivity index (χ3v) is 2.88. The van der Waals surface area contributed by atoms with E-state index >= 15 is 0 Å². The molecule has 0 aliphatic heterocycles. The van der Waals surface area contributed by atoms with Crippen LogP contribution in [-0.4, -0.2) is 9.78 Å². The maximum Gasteiger partial charge on any atom is 0.123 e. The second kappa shape index (κ2) is 4.67. The van der Waals surface area contributed by atoms with Crippen molar-refractivity contribution in [2.24, 2.45) is 12.8 Å². The first-order chi connectivity index (χ1) is 8.11. The van der Waals surface area contributed by atoms with Crippen molar-refractivity contribution >= 4 is 0 Å². The zero-order valence-electron chi connectivity index (χ0n) is 10.0. The molecule has 1 atom stereocenters. The Kier molecular flexibility index (Phi) is 3.24. The minimum atomic E-state index is -0.270. The highest BCUT2D eigenvalue weighted by Gasteiger charge is 2.14. The van der Waals surface area contributed by atoms with E-state index in [1.54, 1.807) is 16.8 Å². The van der Waals surface area contributed by atoms with Gasteiger partial charge in [-0.05, 0) is 30.2 Å². The van der Waals surface area contributed by atoms with Gasteiger partial charge in [-0.2, -0.15) is 5.10 Å². The predicted molar refractivity (Wildman–Crippen MR) is 65.0 cm³/mol. The van der Waals surface area contributed by atoms with Gasteiger partial charge in [0, 0.05) is 7.05 Å². The van der Waals surface area contributed by atoms with Crippen LogP contribution in [0.15, 0.2) is 30.3 Å². The average molecular weight is 233 g/mol. The van der Waals surface area contributed by atoms with Gasteiger partial charge in [0.1, 0.15) is 5.82 Å². The smallest absolute Gasteiger partial charge is 0.123 e. The van der Waals surface area contributed by atoms with Gasteiger partial charge in [-0.15, -0.1) is 0 Å². The molecule has 1 aromatic heterocycles. The van der Waals surface area contributed by atoms with Crippen molar-refractivity contribution in [3.63, 3.8) is 0 Å². The molecule has 0 saturated carbocycles. The molecule has 2 N–H and O–H groups in total. The number of benzene rings is 1. The number of aromatic nitrogens is 2. The van der Waals surface area contributed by atoms with Crippen LogP contribution in [0.2, 0.25) is 0 Å². The van der Waals surface area contributed by atoms with Gasteiger partial charge in [-0.25, -0.2) is 4.39 Å². The Balaban J connectivity index is 2.32. The largest absolute Gasteiger partial charge is 0.319 e. The maximum absolute atomic E-state index is 12.8. The Morgan fingerprint density at radius 3 is 2.53 bits per heavy atom. The molecule has 3 nitrogen and oxygen atoms in total. The minimum absolute atomic E-state index is 0.250. The number of nitrogens with two attached hydrogens (primary N) is 1. The highest BCUT2D eigenvalue weighted by molar-refractivity contribution is 5.28. The highest BCUT2D eigenvalue weighted by Crippen LogP contribution is 2.20. The quantitative estimate of drug-likeness (QED) is 0.883. The van der Waals surface area contributed by atoms with Crippen LogP contribution >= 0.6 is 0 Å². The lowest BCUT2D eigenvalue weighted by molar-refractivity contribution is 0.624. The molecule has 0 aliphatic carbocycles. The number of hydrogen-bond donors (Lipinski definition) is 1. The van der Waals surface area contributed by atoms with Crippen LogP contribution < -0.4 is 5.73 Å². The molecular weight excluding hydrogens is 217 g/mol. The summed E-state index contributed by atoms with van der Waals surface area (Å²) >= 11 is 0. The molecule has 2 aromatic rings. The monoisotopic (exact) mass is 233 g/mol. The summed E-state index contributed by atoms with van der Waals surface area (Å²) in [7, 11) is 1.87. The van der Waals surface area contributed by atoms with Crippen molar-refractivity contribution in [3.05, 3.63) is 53.1 Å². The number of halogens is 1. The summed E-state index contributed by atoms with van der Waals surface area (Å²) in [5.41, 5.74) is 8.99. The van der Waals surface area contributed by atoms with Crippen LogP contribution in [0.25, 0.3) is 0 Å². The normalized spacial score (nSPS) is 12.7. The van der Waals surface area contributed by atoms with Crippen molar-refractivity contribution in [1.82, 2.24) is 9.78 Å². The van der Waals surface area contributed by atoms with Crippen LogP contribution in [0.3, 0.4) is 0 Å². The zero-order valence-corrected chi connectivity index (χ0v) is 10.0. The zero-order chi connectivity index (χ0) is 12.4. The van der Waals surface area contributed by atoms with Crippen molar-refractivity contribution in [2.45, 2.75) is 19.4 Å². The van der Waals surface area contributed by atoms with E-state index in [0.717, 1.165) is 23.4 Å². The van der Waals surface area contributed by atoms with Gasteiger partial charge < -0.3 is 5.73 Å². The van der Waals surface area contributed by atoms with Gasteiger partial charge in [0.25, 0.3) is 0 Å². The fourth-order valence-electron chi connectivity index (χ4n) is 1.85. The van der Waals surface area contributed by atoms with E-state index < -0.39 is 0 Å². The summed E-state index contributed by atoms with van der Waals surface area (Å²) in [6.45, 7) is 2.05. The second-order valence-electron chi connectivity index (χ2n) is 4.07. The first-order valence-electron chi connectivity index (χ1n) is 5.65. The van der Waals surface area contributed by atoms with Crippen molar-refractivity contribution in [3.8, 4) is 0 Å². The van der Waals surface area contributed by atoms with Crippen LogP contribution in [0, 0.1) is 5.82 Å². The van der Waals surface area contributed by atoms with Crippen LogP contribution in [0.5, 0.6) is 0 Å². The summed E-state index contributed by atoms with van der Waals surface area (Å²) < 4.78 is 14.6. The number of nitrogens with zero attached hydrogens (tertiary/aromatic N) is 2. The summed E-state index contributed by atoms with van der Waals surface area (Å²) in [5, 5.41) is 4.36. The summed E-state index contributed by atoms with van der Waals surface area (Å²) in [4.78, 5) is 0. The molecule has 1 heterocycles. The highest BCUT2D eigenvalue weighted by atomic mass is 19.1. The molecular formula is C13H16FN3. The SMILES string of the molecule is CCc1cc(C(N)c2ccc(F)cc2)n(C)n1. The minimum Gasteiger partial charge on any atom is -0.319 e. The van der Waals surface area contributed by atoms with Gasteiger partial charge in [0.15, 0.2) is 0 Å². The molecule has 0 amide bonds. The average Bonchev–Trinajstić information content (AvgIpc) is 2.71.